The lowest BCUT2D eigenvalue weighted by Crippen LogP contribution is -2.29. The minimum atomic E-state index is 0.0687. The summed E-state index contributed by atoms with van der Waals surface area (Å²) in [5, 5.41) is 3.20. The SMILES string of the molecule is CCCNc1ncccc1C(=O)N(C)C1CC1. The second kappa shape index (κ2) is 5.17. The maximum Gasteiger partial charge on any atom is 0.257 e. The molecule has 0 unspecified atom stereocenters. The quantitative estimate of drug-likeness (QED) is 0.847. The maximum absolute atomic E-state index is 12.3. The molecule has 1 amide bonds. The number of hydrogen-bond donors (Lipinski definition) is 1. The topological polar surface area (TPSA) is 45.2 Å². The smallest absolute Gasteiger partial charge is 0.257 e. The Morgan fingerprint density at radius 2 is 2.35 bits per heavy atom. The molecule has 92 valence electrons. The van der Waals surface area contributed by atoms with Crippen molar-refractivity contribution in [3.05, 3.63) is 23.9 Å². The van der Waals surface area contributed by atoms with E-state index in [1.807, 2.05) is 24.1 Å². The normalized spacial score (nSPS) is 14.5. The summed E-state index contributed by atoms with van der Waals surface area (Å²) in [5.41, 5.74) is 0.676. The summed E-state index contributed by atoms with van der Waals surface area (Å²) in [6.07, 6.45) is 4.98. The van der Waals surface area contributed by atoms with Gasteiger partial charge in [-0.2, -0.15) is 0 Å². The molecule has 0 aromatic carbocycles. The molecule has 0 aliphatic heterocycles. The van der Waals surface area contributed by atoms with Crippen LogP contribution < -0.4 is 5.32 Å². The monoisotopic (exact) mass is 233 g/mol. The molecule has 0 saturated heterocycles. The number of carbonyl (C=O) groups excluding carboxylic acids is 1. The molecular formula is C13H19N3O. The van der Waals surface area contributed by atoms with Crippen LogP contribution in [0.3, 0.4) is 0 Å². The van der Waals surface area contributed by atoms with Gasteiger partial charge in [-0.15, -0.1) is 0 Å². The molecule has 1 N–H and O–H groups in total. The Morgan fingerprint density at radius 3 is 3.00 bits per heavy atom. The first-order valence-electron chi connectivity index (χ1n) is 6.20. The minimum absolute atomic E-state index is 0.0687. The van der Waals surface area contributed by atoms with Gasteiger partial charge in [0.1, 0.15) is 5.82 Å². The van der Waals surface area contributed by atoms with E-state index in [0.29, 0.717) is 17.4 Å². The number of rotatable bonds is 5. The van der Waals surface area contributed by atoms with E-state index in [1.165, 1.54) is 0 Å². The first kappa shape index (κ1) is 11.9. The van der Waals surface area contributed by atoms with Gasteiger partial charge in [0.2, 0.25) is 0 Å². The van der Waals surface area contributed by atoms with Crippen LogP contribution in [0.4, 0.5) is 5.82 Å². The highest BCUT2D eigenvalue weighted by Gasteiger charge is 2.31. The van der Waals surface area contributed by atoms with Gasteiger partial charge >= 0.3 is 0 Å². The molecule has 1 fully saturated rings. The van der Waals surface area contributed by atoms with E-state index in [4.69, 9.17) is 0 Å². The average molecular weight is 233 g/mol. The number of carbonyl (C=O) groups is 1. The van der Waals surface area contributed by atoms with Gasteiger partial charge in [-0.3, -0.25) is 4.79 Å². The van der Waals surface area contributed by atoms with Gasteiger partial charge in [-0.25, -0.2) is 4.98 Å². The Labute approximate surface area is 102 Å². The van der Waals surface area contributed by atoms with Crippen molar-refractivity contribution in [2.24, 2.45) is 0 Å². The van der Waals surface area contributed by atoms with Gasteiger partial charge in [-0.1, -0.05) is 6.92 Å². The number of hydrogen-bond acceptors (Lipinski definition) is 3. The van der Waals surface area contributed by atoms with Crippen molar-refractivity contribution in [2.75, 3.05) is 18.9 Å². The van der Waals surface area contributed by atoms with Gasteiger partial charge in [0.25, 0.3) is 5.91 Å². The van der Waals surface area contributed by atoms with Crippen molar-refractivity contribution < 1.29 is 4.79 Å². The fraction of sp³-hybridized carbons (Fsp3) is 0.538. The van der Waals surface area contributed by atoms with Crippen LogP contribution in [0.25, 0.3) is 0 Å². The molecular weight excluding hydrogens is 214 g/mol. The standard InChI is InChI=1S/C13H19N3O/c1-3-8-14-12-11(5-4-9-15-12)13(17)16(2)10-6-7-10/h4-5,9-10H,3,6-8H2,1-2H3,(H,14,15). The molecule has 1 saturated carbocycles. The molecule has 0 bridgehead atoms. The second-order valence-electron chi connectivity index (χ2n) is 4.47. The Kier molecular flexibility index (Phi) is 3.61. The lowest BCUT2D eigenvalue weighted by atomic mass is 10.2. The molecule has 2 rings (SSSR count). The fourth-order valence-corrected chi connectivity index (χ4v) is 1.78. The summed E-state index contributed by atoms with van der Waals surface area (Å²) in [5.74, 6) is 0.769. The number of anilines is 1. The van der Waals surface area contributed by atoms with Gasteiger partial charge in [0, 0.05) is 25.8 Å². The van der Waals surface area contributed by atoms with Crippen molar-refractivity contribution in [1.82, 2.24) is 9.88 Å². The van der Waals surface area contributed by atoms with E-state index in [1.54, 1.807) is 6.20 Å². The number of nitrogens with zero attached hydrogens (tertiary/aromatic N) is 2. The minimum Gasteiger partial charge on any atom is -0.369 e. The zero-order valence-corrected chi connectivity index (χ0v) is 10.4. The van der Waals surface area contributed by atoms with Crippen molar-refractivity contribution in [3.63, 3.8) is 0 Å². The third-order valence-electron chi connectivity index (χ3n) is 3.00. The number of aromatic nitrogens is 1. The van der Waals surface area contributed by atoms with Gasteiger partial charge < -0.3 is 10.2 Å². The molecule has 1 aromatic rings. The largest absolute Gasteiger partial charge is 0.369 e. The predicted octanol–water partition coefficient (Wildman–Crippen LogP) is 2.14. The molecule has 0 spiro atoms. The highest BCUT2D eigenvalue weighted by Crippen LogP contribution is 2.27. The van der Waals surface area contributed by atoms with E-state index in [-0.39, 0.29) is 5.91 Å². The molecule has 1 aromatic heterocycles. The number of pyridine rings is 1. The molecule has 17 heavy (non-hydrogen) atoms. The lowest BCUT2D eigenvalue weighted by Gasteiger charge is -2.18. The highest BCUT2D eigenvalue weighted by atomic mass is 16.2. The van der Waals surface area contributed by atoms with E-state index >= 15 is 0 Å². The Bertz CT molecular complexity index is 401. The maximum atomic E-state index is 12.3. The summed E-state index contributed by atoms with van der Waals surface area (Å²) in [7, 11) is 1.87. The third-order valence-corrected chi connectivity index (χ3v) is 3.00. The fourth-order valence-electron chi connectivity index (χ4n) is 1.78. The van der Waals surface area contributed by atoms with Crippen LogP contribution in [0.2, 0.25) is 0 Å². The molecule has 4 heteroatoms. The van der Waals surface area contributed by atoms with Crippen LogP contribution in [0.1, 0.15) is 36.5 Å². The predicted molar refractivity (Wildman–Crippen MR) is 68.1 cm³/mol. The number of amides is 1. The summed E-state index contributed by atoms with van der Waals surface area (Å²) < 4.78 is 0. The zero-order chi connectivity index (χ0) is 12.3. The van der Waals surface area contributed by atoms with Crippen LogP contribution >= 0.6 is 0 Å². The van der Waals surface area contributed by atoms with E-state index < -0.39 is 0 Å². The van der Waals surface area contributed by atoms with Crippen molar-refractivity contribution >= 4 is 11.7 Å². The van der Waals surface area contributed by atoms with Crippen LogP contribution in [-0.4, -0.2) is 35.4 Å². The summed E-state index contributed by atoms with van der Waals surface area (Å²) in [4.78, 5) is 18.3. The molecule has 0 radical (unpaired) electrons. The summed E-state index contributed by atoms with van der Waals surface area (Å²) in [6, 6.07) is 4.08. The van der Waals surface area contributed by atoms with E-state index in [2.05, 4.69) is 17.2 Å². The summed E-state index contributed by atoms with van der Waals surface area (Å²) in [6.45, 7) is 2.93. The Hall–Kier alpha value is -1.58. The first-order chi connectivity index (χ1) is 8.24. The summed E-state index contributed by atoms with van der Waals surface area (Å²) >= 11 is 0. The van der Waals surface area contributed by atoms with Gasteiger partial charge in [0.15, 0.2) is 0 Å². The van der Waals surface area contributed by atoms with Crippen LogP contribution in [-0.2, 0) is 0 Å². The van der Waals surface area contributed by atoms with Crippen molar-refractivity contribution in [2.45, 2.75) is 32.2 Å². The Balaban J connectivity index is 2.15. The van der Waals surface area contributed by atoms with Crippen LogP contribution in [0.5, 0.6) is 0 Å². The van der Waals surface area contributed by atoms with E-state index in [0.717, 1.165) is 25.8 Å². The van der Waals surface area contributed by atoms with E-state index in [9.17, 15) is 4.79 Å². The highest BCUT2D eigenvalue weighted by molar-refractivity contribution is 5.98. The second-order valence-corrected chi connectivity index (χ2v) is 4.47. The average Bonchev–Trinajstić information content (AvgIpc) is 3.19. The van der Waals surface area contributed by atoms with Crippen molar-refractivity contribution in [1.29, 1.82) is 0 Å². The molecule has 4 nitrogen and oxygen atoms in total. The van der Waals surface area contributed by atoms with Gasteiger partial charge in [-0.05, 0) is 31.4 Å². The number of nitrogens with one attached hydrogen (secondary N) is 1. The molecule has 1 aliphatic carbocycles. The molecule has 1 heterocycles. The Morgan fingerprint density at radius 1 is 1.59 bits per heavy atom. The molecule has 1 aliphatic rings. The van der Waals surface area contributed by atoms with Gasteiger partial charge in [0.05, 0.1) is 5.56 Å². The third kappa shape index (κ3) is 2.75. The first-order valence-corrected chi connectivity index (χ1v) is 6.20. The van der Waals surface area contributed by atoms with Crippen LogP contribution in [0, 0.1) is 0 Å². The zero-order valence-electron chi connectivity index (χ0n) is 10.4. The van der Waals surface area contributed by atoms with Crippen LogP contribution in [0.15, 0.2) is 18.3 Å². The molecule has 0 atom stereocenters. The lowest BCUT2D eigenvalue weighted by molar-refractivity contribution is 0.0785. The van der Waals surface area contributed by atoms with Crippen molar-refractivity contribution in [3.8, 4) is 0 Å².